The number of carbonyl (C=O) groups is 2. The van der Waals surface area contributed by atoms with Crippen molar-refractivity contribution in [3.05, 3.63) is 59.2 Å². The van der Waals surface area contributed by atoms with Gasteiger partial charge in [-0.15, -0.1) is 0 Å². The first-order valence-corrected chi connectivity index (χ1v) is 8.16. The summed E-state index contributed by atoms with van der Waals surface area (Å²) in [6.07, 6.45) is -17.9. The van der Waals surface area contributed by atoms with Crippen molar-refractivity contribution < 1.29 is 58.9 Å². The van der Waals surface area contributed by atoms with Gasteiger partial charge in [-0.25, -0.2) is 4.79 Å². The van der Waals surface area contributed by atoms with Crippen LogP contribution >= 0.6 is 0 Å². The molecule has 0 aliphatic heterocycles. The Bertz CT molecular complexity index is 1010. The molecular formula is C18H10F9NO4. The summed E-state index contributed by atoms with van der Waals surface area (Å²) in [6.45, 7) is 0. The quantitative estimate of drug-likeness (QED) is 0.566. The van der Waals surface area contributed by atoms with Gasteiger partial charge in [0.1, 0.15) is 5.75 Å². The van der Waals surface area contributed by atoms with Crippen LogP contribution in [0.5, 0.6) is 5.75 Å². The first kappa shape index (κ1) is 24.8. The zero-order valence-electron chi connectivity index (χ0n) is 15.2. The van der Waals surface area contributed by atoms with Crippen molar-refractivity contribution in [2.75, 3.05) is 5.32 Å². The Kier molecular flexibility index (Phi) is 6.66. The maximum absolute atomic E-state index is 13.4. The van der Waals surface area contributed by atoms with Crippen LogP contribution in [0, 0.1) is 0 Å². The largest absolute Gasteiger partial charge is 0.478 e. The first-order chi connectivity index (χ1) is 14.5. The molecule has 1 amide bonds. The second-order valence-electron chi connectivity index (χ2n) is 6.12. The van der Waals surface area contributed by atoms with E-state index in [0.29, 0.717) is 24.3 Å². The van der Waals surface area contributed by atoms with Crippen LogP contribution in [-0.4, -0.2) is 23.2 Å². The van der Waals surface area contributed by atoms with Gasteiger partial charge in [0, 0.05) is 11.3 Å². The van der Waals surface area contributed by atoms with E-state index < -0.39 is 64.6 Å². The van der Waals surface area contributed by atoms with Crippen LogP contribution in [0.1, 0.15) is 22.8 Å². The van der Waals surface area contributed by atoms with Crippen LogP contribution in [0.25, 0.3) is 0 Å². The number of nitrogens with one attached hydrogen (secondary N) is 1. The monoisotopic (exact) mass is 475 g/mol. The molecule has 0 aliphatic rings. The number of anilines is 1. The Morgan fingerprint density at radius 1 is 0.875 bits per heavy atom. The number of carboxylic acid groups (broad SMARTS) is 1. The molecule has 0 radical (unpaired) electrons. The Labute approximate surface area is 172 Å². The van der Waals surface area contributed by atoms with Crippen LogP contribution < -0.4 is 10.1 Å². The lowest BCUT2D eigenvalue weighted by Crippen LogP contribution is -2.30. The van der Waals surface area contributed by atoms with Gasteiger partial charge in [0.15, 0.2) is 0 Å². The van der Waals surface area contributed by atoms with Crippen molar-refractivity contribution in [1.29, 1.82) is 0 Å². The number of rotatable bonds is 5. The van der Waals surface area contributed by atoms with E-state index in [1.54, 1.807) is 0 Å². The maximum Gasteiger partial charge on any atom is 0.471 e. The van der Waals surface area contributed by atoms with Gasteiger partial charge in [0.05, 0.1) is 11.1 Å². The molecule has 2 N–H and O–H groups in total. The smallest absolute Gasteiger partial charge is 0.471 e. The number of ether oxygens (including phenoxy) is 1. The molecule has 0 spiro atoms. The summed E-state index contributed by atoms with van der Waals surface area (Å²) >= 11 is 0. The average molecular weight is 475 g/mol. The maximum atomic E-state index is 13.4. The number of hydrogen-bond acceptors (Lipinski definition) is 3. The SMILES string of the molecule is O=C(O)C(Oc1ccc(NC(=O)C(F)(F)F)cc1C(F)(F)F)c1cccc(C(F)(F)F)c1. The summed E-state index contributed by atoms with van der Waals surface area (Å²) in [6, 6.07) is 3.71. The second kappa shape index (κ2) is 8.59. The summed E-state index contributed by atoms with van der Waals surface area (Å²) in [4.78, 5) is 22.4. The Morgan fingerprint density at radius 3 is 2.00 bits per heavy atom. The average Bonchev–Trinajstić information content (AvgIpc) is 2.64. The minimum atomic E-state index is -5.40. The van der Waals surface area contributed by atoms with Crippen LogP contribution in [-0.2, 0) is 21.9 Å². The van der Waals surface area contributed by atoms with Crippen molar-refractivity contribution >= 4 is 17.6 Å². The predicted octanol–water partition coefficient (Wildman–Crippen LogP) is 5.43. The molecule has 1 unspecified atom stereocenters. The van der Waals surface area contributed by atoms with Crippen molar-refractivity contribution in [2.24, 2.45) is 0 Å². The van der Waals surface area contributed by atoms with Crippen molar-refractivity contribution in [2.45, 2.75) is 24.6 Å². The standard InChI is InChI=1S/C18H10F9NO4/c19-16(20,21)9-3-1-2-8(6-9)13(14(29)30)32-12-5-4-10(7-11(12)17(22,23)24)28-15(31)18(25,26)27/h1-7,13H,(H,28,31)(H,29,30). The molecule has 0 heterocycles. The molecule has 0 saturated heterocycles. The Hall–Kier alpha value is -3.45. The molecule has 2 aromatic rings. The number of halogens is 9. The van der Waals surface area contributed by atoms with Crippen molar-refractivity contribution in [1.82, 2.24) is 0 Å². The molecule has 32 heavy (non-hydrogen) atoms. The number of hydrogen-bond donors (Lipinski definition) is 2. The van der Waals surface area contributed by atoms with Gasteiger partial charge in [-0.3, -0.25) is 4.79 Å². The number of alkyl halides is 9. The zero-order chi connectivity index (χ0) is 24.5. The van der Waals surface area contributed by atoms with Crippen LogP contribution in [0.2, 0.25) is 0 Å². The zero-order valence-corrected chi connectivity index (χ0v) is 15.2. The van der Waals surface area contributed by atoms with Gasteiger partial charge < -0.3 is 15.2 Å². The highest BCUT2D eigenvalue weighted by atomic mass is 19.4. The summed E-state index contributed by atoms with van der Waals surface area (Å²) in [5.74, 6) is -5.70. The number of carboxylic acids is 1. The van der Waals surface area contributed by atoms with Gasteiger partial charge in [-0.05, 0) is 30.3 Å². The van der Waals surface area contributed by atoms with Gasteiger partial charge in [0.25, 0.3) is 0 Å². The normalized spacial score (nSPS) is 13.4. The van der Waals surface area contributed by atoms with E-state index in [4.69, 9.17) is 4.74 Å². The molecule has 2 rings (SSSR count). The summed E-state index contributed by atoms with van der Waals surface area (Å²) in [7, 11) is 0. The third-order valence-corrected chi connectivity index (χ3v) is 3.79. The molecule has 14 heteroatoms. The molecule has 0 bridgehead atoms. The van der Waals surface area contributed by atoms with Gasteiger partial charge in [-0.1, -0.05) is 12.1 Å². The minimum absolute atomic E-state index is 0.0595. The molecule has 0 aliphatic carbocycles. The van der Waals surface area contributed by atoms with E-state index in [2.05, 4.69) is 0 Å². The first-order valence-electron chi connectivity index (χ1n) is 8.16. The summed E-state index contributed by atoms with van der Waals surface area (Å²) < 4.78 is 120. The Morgan fingerprint density at radius 2 is 1.50 bits per heavy atom. The van der Waals surface area contributed by atoms with Crippen LogP contribution in [0.4, 0.5) is 45.2 Å². The lowest BCUT2D eigenvalue weighted by molar-refractivity contribution is -0.167. The summed E-state index contributed by atoms with van der Waals surface area (Å²) in [5, 5.41) is 10.5. The van der Waals surface area contributed by atoms with Gasteiger partial charge in [0.2, 0.25) is 6.10 Å². The number of benzene rings is 2. The second-order valence-corrected chi connectivity index (χ2v) is 6.12. The van der Waals surface area contributed by atoms with E-state index >= 15 is 0 Å². The highest BCUT2D eigenvalue weighted by Crippen LogP contribution is 2.40. The van der Waals surface area contributed by atoms with Crippen molar-refractivity contribution in [3.8, 4) is 5.75 Å². The molecular weight excluding hydrogens is 465 g/mol. The molecule has 0 aromatic heterocycles. The Balaban J connectivity index is 2.47. The molecule has 0 saturated carbocycles. The van der Waals surface area contributed by atoms with Crippen LogP contribution in [0.3, 0.4) is 0 Å². The number of carbonyl (C=O) groups excluding carboxylic acids is 1. The molecule has 174 valence electrons. The van der Waals surface area contributed by atoms with E-state index in [-0.39, 0.29) is 6.07 Å². The minimum Gasteiger partial charge on any atom is -0.478 e. The van der Waals surface area contributed by atoms with Gasteiger partial charge in [-0.2, -0.15) is 39.5 Å². The lowest BCUT2D eigenvalue weighted by atomic mass is 10.1. The number of aliphatic carboxylic acids is 1. The predicted molar refractivity (Wildman–Crippen MR) is 88.6 cm³/mol. The molecule has 5 nitrogen and oxygen atoms in total. The highest BCUT2D eigenvalue weighted by Gasteiger charge is 2.40. The van der Waals surface area contributed by atoms with E-state index in [9.17, 15) is 54.2 Å². The van der Waals surface area contributed by atoms with Gasteiger partial charge >= 0.3 is 30.4 Å². The molecule has 1 atom stereocenters. The lowest BCUT2D eigenvalue weighted by Gasteiger charge is -2.21. The third-order valence-electron chi connectivity index (χ3n) is 3.79. The van der Waals surface area contributed by atoms with Crippen molar-refractivity contribution in [3.63, 3.8) is 0 Å². The fourth-order valence-electron chi connectivity index (χ4n) is 2.40. The third kappa shape index (κ3) is 6.04. The van der Waals surface area contributed by atoms with E-state index in [1.165, 1.54) is 5.32 Å². The topological polar surface area (TPSA) is 75.6 Å². The summed E-state index contributed by atoms with van der Waals surface area (Å²) in [5.41, 5.74) is -4.63. The number of amides is 1. The molecule has 0 fully saturated rings. The molecule has 2 aromatic carbocycles. The van der Waals surface area contributed by atoms with E-state index in [0.717, 1.165) is 12.1 Å². The van der Waals surface area contributed by atoms with E-state index in [1.807, 2.05) is 0 Å². The van der Waals surface area contributed by atoms with Crippen LogP contribution in [0.15, 0.2) is 42.5 Å². The highest BCUT2D eigenvalue weighted by molar-refractivity contribution is 5.95. The fraction of sp³-hybridized carbons (Fsp3) is 0.222. The fourth-order valence-corrected chi connectivity index (χ4v) is 2.40.